The summed E-state index contributed by atoms with van der Waals surface area (Å²) >= 11 is 0. The van der Waals surface area contributed by atoms with Crippen molar-refractivity contribution in [3.8, 4) is 0 Å². The topological polar surface area (TPSA) is 120 Å². The number of hydrogen-bond acceptors (Lipinski definition) is 7. The van der Waals surface area contributed by atoms with Crippen LogP contribution in [0.4, 0.5) is 25.0 Å². The van der Waals surface area contributed by atoms with Crippen LogP contribution in [-0.2, 0) is 9.84 Å². The number of piperazine rings is 1. The van der Waals surface area contributed by atoms with Crippen LogP contribution in [0.25, 0.3) is 10.9 Å². The van der Waals surface area contributed by atoms with E-state index < -0.39 is 32.3 Å². The van der Waals surface area contributed by atoms with Crippen LogP contribution in [0.5, 0.6) is 0 Å². The second-order valence-corrected chi connectivity index (χ2v) is 13.2. The van der Waals surface area contributed by atoms with E-state index >= 15 is 0 Å². The summed E-state index contributed by atoms with van der Waals surface area (Å²) in [6, 6.07) is 11.3. The fraction of sp³-hybridized carbons (Fsp3) is 0.323. The summed E-state index contributed by atoms with van der Waals surface area (Å²) in [5, 5.41) is 7.58. The van der Waals surface area contributed by atoms with Gasteiger partial charge in [-0.1, -0.05) is 6.07 Å². The summed E-state index contributed by atoms with van der Waals surface area (Å²) in [6.07, 6.45) is 4.31. The Hall–Kier alpha value is -4.56. The zero-order valence-electron chi connectivity index (χ0n) is 24.7. The van der Waals surface area contributed by atoms with Crippen molar-refractivity contribution in [2.45, 2.75) is 29.1 Å². The lowest BCUT2D eigenvalue weighted by molar-refractivity contribution is 0.101. The molecule has 45 heavy (non-hydrogen) atoms. The van der Waals surface area contributed by atoms with Crippen molar-refractivity contribution in [2.75, 3.05) is 62.0 Å². The summed E-state index contributed by atoms with van der Waals surface area (Å²) in [7, 11) is -2.20. The molecule has 6 rings (SSSR count). The Bertz CT molecular complexity index is 1850. The van der Waals surface area contributed by atoms with Gasteiger partial charge in [-0.3, -0.25) is 4.79 Å². The predicted molar refractivity (Wildman–Crippen MR) is 166 cm³/mol. The number of halogens is 2. The number of likely N-dealkylation sites (N-methyl/N-ethyl adjacent to an activating group) is 1. The number of anilines is 2. The van der Waals surface area contributed by atoms with Gasteiger partial charge in [-0.05, 0) is 68.8 Å². The van der Waals surface area contributed by atoms with Crippen LogP contribution >= 0.6 is 0 Å². The molecular weight excluding hydrogens is 604 g/mol. The molecule has 0 saturated carbocycles. The molecule has 236 valence electrons. The Kier molecular flexibility index (Phi) is 8.42. The number of likely N-dealkylation sites (tertiary alicyclic amines) is 1. The smallest absolute Gasteiger partial charge is 0.321 e. The Morgan fingerprint density at radius 3 is 2.27 bits per heavy atom. The fourth-order valence-corrected chi connectivity index (χ4v) is 7.06. The minimum Gasteiger partial charge on any atom is -0.368 e. The number of fused-ring (bicyclic) bond motifs is 1. The molecule has 2 fully saturated rings. The van der Waals surface area contributed by atoms with E-state index in [1.165, 1.54) is 29.2 Å². The first-order valence-electron chi connectivity index (χ1n) is 14.7. The van der Waals surface area contributed by atoms with Crippen LogP contribution in [0.1, 0.15) is 29.6 Å². The molecule has 0 spiro atoms. The molecule has 0 radical (unpaired) electrons. The first-order chi connectivity index (χ1) is 21.6. The Morgan fingerprint density at radius 2 is 1.56 bits per heavy atom. The van der Waals surface area contributed by atoms with Crippen LogP contribution in [0.15, 0.2) is 70.6 Å². The molecule has 3 amide bonds. The second kappa shape index (κ2) is 12.4. The predicted octanol–water partition coefficient (Wildman–Crippen LogP) is 4.30. The highest BCUT2D eigenvalue weighted by Crippen LogP contribution is 2.30. The lowest BCUT2D eigenvalue weighted by atomic mass is 10.1. The number of benzene rings is 3. The number of urea groups is 1. The molecule has 0 aliphatic carbocycles. The molecular formula is C31H33F2N7O4S. The first-order valence-corrected chi connectivity index (χ1v) is 16.2. The number of rotatable bonds is 6. The van der Waals surface area contributed by atoms with Crippen LogP contribution in [0, 0.1) is 11.6 Å². The third-order valence-corrected chi connectivity index (χ3v) is 9.93. The minimum atomic E-state index is -4.24. The second-order valence-electron chi connectivity index (χ2n) is 11.3. The summed E-state index contributed by atoms with van der Waals surface area (Å²) in [5.74, 6) is -2.53. The summed E-state index contributed by atoms with van der Waals surface area (Å²) in [4.78, 5) is 33.8. The molecule has 0 unspecified atom stereocenters. The fourth-order valence-electron chi connectivity index (χ4n) is 5.72. The summed E-state index contributed by atoms with van der Waals surface area (Å²) < 4.78 is 53.8. The van der Waals surface area contributed by atoms with Crippen LogP contribution in [0.3, 0.4) is 0 Å². The number of amides is 3. The summed E-state index contributed by atoms with van der Waals surface area (Å²) in [5.41, 5.74) is 4.49. The monoisotopic (exact) mass is 637 g/mol. The van der Waals surface area contributed by atoms with Gasteiger partial charge in [0.15, 0.2) is 0 Å². The maximum absolute atomic E-state index is 14.0. The van der Waals surface area contributed by atoms with Gasteiger partial charge < -0.3 is 20.0 Å². The Balaban J connectivity index is 1.31. The average molecular weight is 638 g/mol. The molecule has 4 aromatic rings. The zero-order valence-corrected chi connectivity index (χ0v) is 25.5. The highest BCUT2D eigenvalue weighted by Gasteiger charge is 2.27. The first kappa shape index (κ1) is 30.5. The molecule has 1 aromatic heterocycles. The van der Waals surface area contributed by atoms with E-state index in [0.29, 0.717) is 54.5 Å². The minimum absolute atomic E-state index is 0.186. The van der Waals surface area contributed by atoms with Gasteiger partial charge in [0.1, 0.15) is 11.6 Å². The highest BCUT2D eigenvalue weighted by atomic mass is 32.2. The number of carbonyl (C=O) groups excluding carboxylic acids is 2. The van der Waals surface area contributed by atoms with Gasteiger partial charge in [-0.2, -0.15) is 9.89 Å². The molecule has 2 saturated heterocycles. The lowest BCUT2D eigenvalue weighted by Gasteiger charge is -2.35. The van der Waals surface area contributed by atoms with Gasteiger partial charge in [0.2, 0.25) is 9.84 Å². The van der Waals surface area contributed by atoms with E-state index in [-0.39, 0.29) is 16.5 Å². The molecule has 3 aromatic carbocycles. The van der Waals surface area contributed by atoms with Crippen molar-refractivity contribution < 1.29 is 26.8 Å². The number of nitrogens with zero attached hydrogens (tertiary/aromatic N) is 5. The van der Waals surface area contributed by atoms with E-state index in [2.05, 4.69) is 25.6 Å². The van der Waals surface area contributed by atoms with Gasteiger partial charge in [0, 0.05) is 50.7 Å². The van der Waals surface area contributed by atoms with E-state index in [1.54, 1.807) is 11.0 Å². The van der Waals surface area contributed by atoms with Crippen molar-refractivity contribution in [1.82, 2.24) is 19.7 Å². The number of piperidine rings is 1. The van der Waals surface area contributed by atoms with Gasteiger partial charge in [0.25, 0.3) is 5.91 Å². The van der Waals surface area contributed by atoms with E-state index in [9.17, 15) is 26.8 Å². The molecule has 11 nitrogen and oxygen atoms in total. The van der Waals surface area contributed by atoms with Crippen molar-refractivity contribution in [3.05, 3.63) is 78.0 Å². The lowest BCUT2D eigenvalue weighted by Crippen LogP contribution is -2.45. The number of hydrogen-bond donors (Lipinski definition) is 2. The largest absolute Gasteiger partial charge is 0.368 e. The normalized spacial score (nSPS) is 16.2. The van der Waals surface area contributed by atoms with Crippen LogP contribution in [0.2, 0.25) is 0 Å². The van der Waals surface area contributed by atoms with E-state index in [1.807, 2.05) is 19.2 Å². The van der Waals surface area contributed by atoms with Gasteiger partial charge in [-0.15, -0.1) is 0 Å². The van der Waals surface area contributed by atoms with Gasteiger partial charge in [0.05, 0.1) is 38.4 Å². The maximum Gasteiger partial charge on any atom is 0.321 e. The van der Waals surface area contributed by atoms with Gasteiger partial charge in [-0.25, -0.2) is 27.4 Å². The SMILES string of the molecule is CN1CCN(c2cccc(NC(=O)N3CCCCC3)c2C(=O)Nn2ncc3cc(S(=O)(=O)c4cc(F)cc(F)c4)ccc32)CC1. The van der Waals surface area contributed by atoms with Crippen molar-refractivity contribution in [1.29, 1.82) is 0 Å². The Morgan fingerprint density at radius 1 is 0.844 bits per heavy atom. The maximum atomic E-state index is 14.0. The molecule has 14 heteroatoms. The molecule has 3 heterocycles. The molecule has 0 atom stereocenters. The quantitative estimate of drug-likeness (QED) is 0.324. The number of sulfone groups is 1. The number of carbonyl (C=O) groups is 2. The van der Waals surface area contributed by atoms with Crippen molar-refractivity contribution in [3.63, 3.8) is 0 Å². The van der Waals surface area contributed by atoms with Crippen LogP contribution < -0.4 is 15.6 Å². The molecule has 2 aliphatic heterocycles. The average Bonchev–Trinajstić information content (AvgIpc) is 3.43. The standard InChI is InChI=1S/C31H33F2N7O4S/c1-37-12-14-38(15-13-37)28-7-5-6-26(35-31(42)39-10-3-2-4-11-39)29(28)30(41)36-40-27-9-8-24(16-21(27)20-34-40)45(43,44)25-18-22(32)17-23(33)19-25/h5-9,16-20H,2-4,10-15H2,1H3,(H,35,42)(H,36,41). The Labute approximate surface area is 259 Å². The van der Waals surface area contributed by atoms with Crippen molar-refractivity contribution in [2.24, 2.45) is 0 Å². The van der Waals surface area contributed by atoms with Crippen LogP contribution in [-0.4, -0.2) is 86.4 Å². The summed E-state index contributed by atoms with van der Waals surface area (Å²) in [6.45, 7) is 4.30. The van der Waals surface area contributed by atoms with Gasteiger partial charge >= 0.3 is 6.03 Å². The van der Waals surface area contributed by atoms with E-state index in [0.717, 1.165) is 44.5 Å². The number of nitrogens with one attached hydrogen (secondary N) is 2. The third kappa shape index (κ3) is 6.33. The zero-order chi connectivity index (χ0) is 31.7. The molecule has 0 bridgehead atoms. The number of aromatic nitrogens is 2. The third-order valence-electron chi connectivity index (χ3n) is 8.20. The highest BCUT2D eigenvalue weighted by molar-refractivity contribution is 7.91. The van der Waals surface area contributed by atoms with Crippen molar-refractivity contribution >= 4 is 44.1 Å². The molecule has 2 aliphatic rings. The van der Waals surface area contributed by atoms with E-state index in [4.69, 9.17) is 0 Å². The molecule has 2 N–H and O–H groups in total.